The number of nitrogen functional groups attached to an aromatic ring is 1. The van der Waals surface area contributed by atoms with E-state index < -0.39 is 0 Å². The molecule has 1 fully saturated rings. The van der Waals surface area contributed by atoms with Crippen molar-refractivity contribution in [2.75, 3.05) is 25.9 Å². The van der Waals surface area contributed by atoms with Crippen LogP contribution < -0.4 is 5.73 Å². The Morgan fingerprint density at radius 2 is 2.10 bits per heavy atom. The van der Waals surface area contributed by atoms with Gasteiger partial charge in [0.2, 0.25) is 5.95 Å². The van der Waals surface area contributed by atoms with Gasteiger partial charge in [0.1, 0.15) is 0 Å². The van der Waals surface area contributed by atoms with Crippen molar-refractivity contribution in [1.29, 1.82) is 0 Å². The summed E-state index contributed by atoms with van der Waals surface area (Å²) in [6, 6.07) is 6.00. The Morgan fingerprint density at radius 3 is 2.80 bits per heavy atom. The number of hydrogen-bond donors (Lipinski definition) is 1. The van der Waals surface area contributed by atoms with Crippen LogP contribution in [0.25, 0.3) is 11.4 Å². The van der Waals surface area contributed by atoms with Crippen molar-refractivity contribution in [2.45, 2.75) is 18.8 Å². The Morgan fingerprint density at radius 1 is 1.20 bits per heavy atom. The molecule has 0 aliphatic carbocycles. The van der Waals surface area contributed by atoms with E-state index in [2.05, 4.69) is 33.0 Å². The molecule has 1 atom stereocenters. The summed E-state index contributed by atoms with van der Waals surface area (Å²) in [6.07, 6.45) is 6.12. The molecule has 1 unspecified atom stereocenters. The molecule has 5 nitrogen and oxygen atoms in total. The number of anilines is 1. The predicted octanol–water partition coefficient (Wildman–Crippen LogP) is 1.93. The molecule has 1 aliphatic rings. The fourth-order valence-electron chi connectivity index (χ4n) is 2.75. The van der Waals surface area contributed by atoms with Crippen LogP contribution >= 0.6 is 0 Å². The lowest BCUT2D eigenvalue weighted by Gasteiger charge is -2.29. The first-order valence-corrected chi connectivity index (χ1v) is 6.96. The van der Waals surface area contributed by atoms with Crippen molar-refractivity contribution in [3.8, 4) is 11.4 Å². The number of rotatable bonds is 2. The van der Waals surface area contributed by atoms with Crippen molar-refractivity contribution >= 4 is 5.95 Å². The third kappa shape index (κ3) is 2.77. The van der Waals surface area contributed by atoms with E-state index >= 15 is 0 Å². The summed E-state index contributed by atoms with van der Waals surface area (Å²) >= 11 is 0. The molecule has 3 heterocycles. The van der Waals surface area contributed by atoms with Crippen LogP contribution in [0.15, 0.2) is 30.6 Å². The van der Waals surface area contributed by atoms with Crippen LogP contribution in [0, 0.1) is 0 Å². The SMILES string of the molecule is CN1CCCC(c2ccc(-c3ccnc(N)n3)nc2)C1. The van der Waals surface area contributed by atoms with E-state index in [9.17, 15) is 0 Å². The zero-order chi connectivity index (χ0) is 13.9. The molecular formula is C15H19N5. The Hall–Kier alpha value is -2.01. The second-order valence-corrected chi connectivity index (χ2v) is 5.38. The minimum atomic E-state index is 0.280. The van der Waals surface area contributed by atoms with Crippen molar-refractivity contribution < 1.29 is 0 Å². The molecule has 0 aromatic carbocycles. The molecule has 104 valence electrons. The minimum Gasteiger partial charge on any atom is -0.368 e. The van der Waals surface area contributed by atoms with Gasteiger partial charge in [0.15, 0.2) is 0 Å². The molecule has 2 aromatic heterocycles. The van der Waals surface area contributed by atoms with Crippen LogP contribution in [0.4, 0.5) is 5.95 Å². The molecule has 0 bridgehead atoms. The van der Waals surface area contributed by atoms with Gasteiger partial charge in [-0.25, -0.2) is 9.97 Å². The zero-order valence-corrected chi connectivity index (χ0v) is 11.7. The van der Waals surface area contributed by atoms with Gasteiger partial charge in [0.05, 0.1) is 11.4 Å². The average molecular weight is 269 g/mol. The summed E-state index contributed by atoms with van der Waals surface area (Å²) in [5, 5.41) is 0. The first-order valence-electron chi connectivity index (χ1n) is 6.96. The third-order valence-electron chi connectivity index (χ3n) is 3.82. The van der Waals surface area contributed by atoms with Crippen LogP contribution in [0.2, 0.25) is 0 Å². The lowest BCUT2D eigenvalue weighted by atomic mass is 9.92. The number of nitrogens with two attached hydrogens (primary N) is 1. The van der Waals surface area contributed by atoms with Gasteiger partial charge in [0.25, 0.3) is 0 Å². The van der Waals surface area contributed by atoms with E-state index in [1.807, 2.05) is 18.3 Å². The molecule has 0 radical (unpaired) electrons. The van der Waals surface area contributed by atoms with E-state index in [1.165, 1.54) is 24.9 Å². The van der Waals surface area contributed by atoms with Gasteiger partial charge in [-0.1, -0.05) is 6.07 Å². The van der Waals surface area contributed by atoms with E-state index in [-0.39, 0.29) is 5.95 Å². The lowest BCUT2D eigenvalue weighted by Crippen LogP contribution is -2.30. The molecule has 2 aromatic rings. The number of nitrogens with zero attached hydrogens (tertiary/aromatic N) is 4. The highest BCUT2D eigenvalue weighted by Crippen LogP contribution is 2.26. The molecule has 5 heteroatoms. The topological polar surface area (TPSA) is 67.9 Å². The van der Waals surface area contributed by atoms with Crippen molar-refractivity contribution in [3.63, 3.8) is 0 Å². The number of hydrogen-bond acceptors (Lipinski definition) is 5. The summed E-state index contributed by atoms with van der Waals surface area (Å²) in [5.41, 5.74) is 8.52. The highest BCUT2D eigenvalue weighted by Gasteiger charge is 2.19. The van der Waals surface area contributed by atoms with Crippen LogP contribution in [-0.2, 0) is 0 Å². The first kappa shape index (κ1) is 13.0. The Kier molecular flexibility index (Phi) is 3.60. The molecule has 1 saturated heterocycles. The fourth-order valence-corrected chi connectivity index (χ4v) is 2.75. The van der Waals surface area contributed by atoms with Crippen LogP contribution in [0.5, 0.6) is 0 Å². The fraction of sp³-hybridized carbons (Fsp3) is 0.400. The summed E-state index contributed by atoms with van der Waals surface area (Å²) in [7, 11) is 2.18. The number of likely N-dealkylation sites (N-methyl/N-ethyl adjacent to an activating group) is 1. The Balaban J connectivity index is 1.80. The summed E-state index contributed by atoms with van der Waals surface area (Å²) in [4.78, 5) is 15.0. The quantitative estimate of drug-likeness (QED) is 0.902. The maximum absolute atomic E-state index is 5.60. The van der Waals surface area contributed by atoms with Crippen molar-refractivity contribution in [2.24, 2.45) is 0 Å². The van der Waals surface area contributed by atoms with Gasteiger partial charge in [0, 0.05) is 18.9 Å². The zero-order valence-electron chi connectivity index (χ0n) is 11.7. The molecular weight excluding hydrogens is 250 g/mol. The molecule has 20 heavy (non-hydrogen) atoms. The number of pyridine rings is 1. The molecule has 3 rings (SSSR count). The molecule has 0 amide bonds. The van der Waals surface area contributed by atoms with Crippen molar-refractivity contribution in [1.82, 2.24) is 19.9 Å². The van der Waals surface area contributed by atoms with Gasteiger partial charge < -0.3 is 10.6 Å². The number of likely N-dealkylation sites (tertiary alicyclic amines) is 1. The molecule has 0 spiro atoms. The normalized spacial score (nSPS) is 19.9. The lowest BCUT2D eigenvalue weighted by molar-refractivity contribution is 0.250. The maximum Gasteiger partial charge on any atom is 0.220 e. The summed E-state index contributed by atoms with van der Waals surface area (Å²) in [6.45, 7) is 2.31. The summed E-state index contributed by atoms with van der Waals surface area (Å²) in [5.74, 6) is 0.869. The van der Waals surface area contributed by atoms with Gasteiger partial charge in [-0.15, -0.1) is 0 Å². The number of piperidine rings is 1. The van der Waals surface area contributed by atoms with Gasteiger partial charge in [-0.05, 0) is 50.0 Å². The number of aromatic nitrogens is 3. The standard InChI is InChI=1S/C15H19N5/c1-20-8-2-3-12(10-20)11-4-5-13(18-9-11)14-6-7-17-15(16)19-14/h4-7,9,12H,2-3,8,10H2,1H3,(H2,16,17,19). The highest BCUT2D eigenvalue weighted by atomic mass is 15.1. The van der Waals surface area contributed by atoms with Gasteiger partial charge in [-0.2, -0.15) is 0 Å². The Labute approximate surface area is 118 Å². The Bertz CT molecular complexity index is 581. The van der Waals surface area contributed by atoms with Crippen LogP contribution in [0.1, 0.15) is 24.3 Å². The third-order valence-corrected chi connectivity index (χ3v) is 3.82. The smallest absolute Gasteiger partial charge is 0.220 e. The second-order valence-electron chi connectivity index (χ2n) is 5.38. The van der Waals surface area contributed by atoms with Gasteiger partial charge >= 0.3 is 0 Å². The predicted molar refractivity (Wildman–Crippen MR) is 79.1 cm³/mol. The van der Waals surface area contributed by atoms with E-state index in [4.69, 9.17) is 5.73 Å². The van der Waals surface area contributed by atoms with E-state index in [0.29, 0.717) is 5.92 Å². The van der Waals surface area contributed by atoms with Gasteiger partial charge in [-0.3, -0.25) is 4.98 Å². The summed E-state index contributed by atoms with van der Waals surface area (Å²) < 4.78 is 0. The minimum absolute atomic E-state index is 0.280. The average Bonchev–Trinajstić information content (AvgIpc) is 2.47. The van der Waals surface area contributed by atoms with E-state index in [1.54, 1.807) is 6.20 Å². The molecule has 1 aliphatic heterocycles. The largest absolute Gasteiger partial charge is 0.368 e. The molecule has 0 saturated carbocycles. The van der Waals surface area contributed by atoms with Crippen LogP contribution in [0.3, 0.4) is 0 Å². The maximum atomic E-state index is 5.60. The van der Waals surface area contributed by atoms with Crippen LogP contribution in [-0.4, -0.2) is 40.0 Å². The monoisotopic (exact) mass is 269 g/mol. The molecule has 2 N–H and O–H groups in total. The highest BCUT2D eigenvalue weighted by molar-refractivity contribution is 5.54. The first-order chi connectivity index (χ1) is 9.72. The van der Waals surface area contributed by atoms with Crippen molar-refractivity contribution in [3.05, 3.63) is 36.2 Å². The van der Waals surface area contributed by atoms with E-state index in [0.717, 1.165) is 17.9 Å². The second kappa shape index (κ2) is 5.54.